The number of ether oxygens (including phenoxy) is 1. The molecule has 2 N–H and O–H groups in total. The molecule has 0 aromatic heterocycles. The van der Waals surface area contributed by atoms with Crippen molar-refractivity contribution in [1.29, 1.82) is 0 Å². The molecule has 1 aromatic rings. The van der Waals surface area contributed by atoms with Gasteiger partial charge >= 0.3 is 6.03 Å². The van der Waals surface area contributed by atoms with E-state index in [1.807, 2.05) is 30.3 Å². The maximum Gasteiger partial charge on any atom is 0.317 e. The number of primary amides is 1. The molecule has 74 valence electrons. The van der Waals surface area contributed by atoms with E-state index in [1.165, 1.54) is 4.90 Å². The van der Waals surface area contributed by atoms with E-state index in [9.17, 15) is 4.79 Å². The van der Waals surface area contributed by atoms with Crippen LogP contribution in [0.2, 0.25) is 0 Å². The van der Waals surface area contributed by atoms with Gasteiger partial charge in [-0.1, -0.05) is 18.2 Å². The molecule has 0 radical (unpaired) electrons. The largest absolute Gasteiger partial charge is 0.470 e. The molecule has 1 heterocycles. The Labute approximate surface area is 82.3 Å². The average Bonchev–Trinajstić information content (AvgIpc) is 2.13. The van der Waals surface area contributed by atoms with Crippen LogP contribution in [0.3, 0.4) is 0 Å². The summed E-state index contributed by atoms with van der Waals surface area (Å²) in [5.41, 5.74) is 5.15. The molecule has 4 nitrogen and oxygen atoms in total. The minimum atomic E-state index is -0.419. The van der Waals surface area contributed by atoms with Crippen molar-refractivity contribution in [3.63, 3.8) is 0 Å². The molecular formula is C10H12N2O2. The SMILES string of the molecule is NC(=O)N1CCC1Oc1ccccc1. The first-order valence-electron chi connectivity index (χ1n) is 4.55. The molecule has 0 bridgehead atoms. The van der Waals surface area contributed by atoms with Gasteiger partial charge in [-0.2, -0.15) is 0 Å². The number of carbonyl (C=O) groups is 1. The van der Waals surface area contributed by atoms with Crippen LogP contribution in [0.5, 0.6) is 5.75 Å². The molecule has 0 aliphatic carbocycles. The van der Waals surface area contributed by atoms with Crippen LogP contribution in [0.4, 0.5) is 4.79 Å². The number of urea groups is 1. The van der Waals surface area contributed by atoms with Crippen LogP contribution >= 0.6 is 0 Å². The number of likely N-dealkylation sites (tertiary alicyclic amines) is 1. The van der Waals surface area contributed by atoms with Crippen molar-refractivity contribution in [2.24, 2.45) is 5.73 Å². The third kappa shape index (κ3) is 1.64. The van der Waals surface area contributed by atoms with E-state index in [0.29, 0.717) is 6.54 Å². The summed E-state index contributed by atoms with van der Waals surface area (Å²) in [7, 11) is 0. The Kier molecular flexibility index (Phi) is 2.26. The molecule has 1 saturated heterocycles. The highest BCUT2D eigenvalue weighted by Gasteiger charge is 2.32. The Bertz CT molecular complexity index is 326. The highest BCUT2D eigenvalue weighted by atomic mass is 16.5. The summed E-state index contributed by atoms with van der Waals surface area (Å²) >= 11 is 0. The lowest BCUT2D eigenvalue weighted by Crippen LogP contribution is -2.56. The van der Waals surface area contributed by atoms with E-state index < -0.39 is 6.03 Å². The fourth-order valence-corrected chi connectivity index (χ4v) is 1.39. The second-order valence-electron chi connectivity index (χ2n) is 3.21. The number of nitrogens with zero attached hydrogens (tertiary/aromatic N) is 1. The van der Waals surface area contributed by atoms with Crippen molar-refractivity contribution in [2.75, 3.05) is 6.54 Å². The van der Waals surface area contributed by atoms with E-state index in [4.69, 9.17) is 10.5 Å². The van der Waals surface area contributed by atoms with E-state index in [0.717, 1.165) is 12.2 Å². The quantitative estimate of drug-likeness (QED) is 0.764. The van der Waals surface area contributed by atoms with Crippen molar-refractivity contribution >= 4 is 6.03 Å². The van der Waals surface area contributed by atoms with E-state index in [-0.39, 0.29) is 6.23 Å². The first-order chi connectivity index (χ1) is 6.77. The first-order valence-corrected chi connectivity index (χ1v) is 4.55. The lowest BCUT2D eigenvalue weighted by atomic mass is 10.2. The highest BCUT2D eigenvalue weighted by Crippen LogP contribution is 2.21. The zero-order valence-electron chi connectivity index (χ0n) is 7.72. The van der Waals surface area contributed by atoms with Gasteiger partial charge in [-0.25, -0.2) is 4.79 Å². The van der Waals surface area contributed by atoms with Crippen LogP contribution in [0.1, 0.15) is 6.42 Å². The Morgan fingerprint density at radius 3 is 2.64 bits per heavy atom. The summed E-state index contributed by atoms with van der Waals surface area (Å²) in [6, 6.07) is 9.00. The van der Waals surface area contributed by atoms with Gasteiger partial charge < -0.3 is 10.5 Å². The molecule has 2 amide bonds. The second-order valence-corrected chi connectivity index (χ2v) is 3.21. The molecule has 1 aliphatic heterocycles. The fourth-order valence-electron chi connectivity index (χ4n) is 1.39. The number of para-hydroxylation sites is 1. The average molecular weight is 192 g/mol. The molecule has 0 saturated carbocycles. The van der Waals surface area contributed by atoms with Crippen LogP contribution in [0.15, 0.2) is 30.3 Å². The molecule has 1 atom stereocenters. The normalized spacial score (nSPS) is 20.0. The van der Waals surface area contributed by atoms with Gasteiger partial charge in [-0.15, -0.1) is 0 Å². The van der Waals surface area contributed by atoms with Gasteiger partial charge in [0.05, 0.1) is 0 Å². The lowest BCUT2D eigenvalue weighted by Gasteiger charge is -2.39. The third-order valence-corrected chi connectivity index (χ3v) is 2.26. The Balaban J connectivity index is 1.96. The first kappa shape index (κ1) is 8.87. The molecule has 1 aliphatic rings. The molecule has 14 heavy (non-hydrogen) atoms. The predicted molar refractivity (Wildman–Crippen MR) is 51.8 cm³/mol. The molecule has 2 rings (SSSR count). The fraction of sp³-hybridized carbons (Fsp3) is 0.300. The summed E-state index contributed by atoms with van der Waals surface area (Å²) < 4.78 is 5.55. The number of nitrogens with two attached hydrogens (primary N) is 1. The molecule has 1 unspecified atom stereocenters. The number of rotatable bonds is 2. The maximum absolute atomic E-state index is 10.9. The number of benzene rings is 1. The summed E-state index contributed by atoms with van der Waals surface area (Å²) in [4.78, 5) is 12.4. The zero-order chi connectivity index (χ0) is 9.97. The monoisotopic (exact) mass is 192 g/mol. The van der Waals surface area contributed by atoms with Gasteiger partial charge in [0, 0.05) is 13.0 Å². The van der Waals surface area contributed by atoms with Crippen LogP contribution < -0.4 is 10.5 Å². The van der Waals surface area contributed by atoms with Gasteiger partial charge in [-0.3, -0.25) is 4.90 Å². The summed E-state index contributed by atoms with van der Waals surface area (Å²) in [6.45, 7) is 0.687. The van der Waals surface area contributed by atoms with E-state index >= 15 is 0 Å². The van der Waals surface area contributed by atoms with E-state index in [1.54, 1.807) is 0 Å². The van der Waals surface area contributed by atoms with Crippen molar-refractivity contribution < 1.29 is 9.53 Å². The van der Waals surface area contributed by atoms with Crippen LogP contribution in [0, 0.1) is 0 Å². The number of carbonyl (C=O) groups excluding carboxylic acids is 1. The minimum Gasteiger partial charge on any atom is -0.470 e. The number of hydrogen-bond donors (Lipinski definition) is 1. The highest BCUT2D eigenvalue weighted by molar-refractivity contribution is 5.73. The Hall–Kier alpha value is -1.71. The predicted octanol–water partition coefficient (Wildman–Crippen LogP) is 1.18. The smallest absolute Gasteiger partial charge is 0.317 e. The maximum atomic E-state index is 10.9. The Morgan fingerprint density at radius 2 is 2.14 bits per heavy atom. The van der Waals surface area contributed by atoms with Crippen LogP contribution in [-0.4, -0.2) is 23.7 Å². The molecule has 1 aromatic carbocycles. The minimum absolute atomic E-state index is 0.185. The summed E-state index contributed by atoms with van der Waals surface area (Å²) in [5, 5.41) is 0. The summed E-state index contributed by atoms with van der Waals surface area (Å²) in [6.07, 6.45) is 0.660. The van der Waals surface area contributed by atoms with Gasteiger partial charge in [0.15, 0.2) is 6.23 Å². The summed E-state index contributed by atoms with van der Waals surface area (Å²) in [5.74, 6) is 0.767. The van der Waals surface area contributed by atoms with Gasteiger partial charge in [-0.05, 0) is 12.1 Å². The molecule has 1 fully saturated rings. The second kappa shape index (κ2) is 3.57. The number of hydrogen-bond acceptors (Lipinski definition) is 2. The van der Waals surface area contributed by atoms with E-state index in [2.05, 4.69) is 0 Å². The van der Waals surface area contributed by atoms with Gasteiger partial charge in [0.2, 0.25) is 0 Å². The number of amides is 2. The Morgan fingerprint density at radius 1 is 1.43 bits per heavy atom. The van der Waals surface area contributed by atoms with Crippen LogP contribution in [-0.2, 0) is 0 Å². The van der Waals surface area contributed by atoms with Crippen molar-refractivity contribution in [3.05, 3.63) is 30.3 Å². The van der Waals surface area contributed by atoms with Crippen molar-refractivity contribution in [2.45, 2.75) is 12.6 Å². The molecule has 4 heteroatoms. The van der Waals surface area contributed by atoms with Gasteiger partial charge in [0.1, 0.15) is 5.75 Å². The zero-order valence-corrected chi connectivity index (χ0v) is 7.72. The van der Waals surface area contributed by atoms with Crippen molar-refractivity contribution in [3.8, 4) is 5.75 Å². The van der Waals surface area contributed by atoms with Gasteiger partial charge in [0.25, 0.3) is 0 Å². The molecular weight excluding hydrogens is 180 g/mol. The standard InChI is InChI=1S/C10H12N2O2/c11-10(13)12-7-6-9(12)14-8-4-2-1-3-5-8/h1-5,9H,6-7H2,(H2,11,13). The molecule has 0 spiro atoms. The van der Waals surface area contributed by atoms with Crippen LogP contribution in [0.25, 0.3) is 0 Å². The third-order valence-electron chi connectivity index (χ3n) is 2.26. The lowest BCUT2D eigenvalue weighted by molar-refractivity contribution is -0.0187. The van der Waals surface area contributed by atoms with Crippen molar-refractivity contribution in [1.82, 2.24) is 4.90 Å². The topological polar surface area (TPSA) is 55.6 Å².